The summed E-state index contributed by atoms with van der Waals surface area (Å²) in [6, 6.07) is -0.372. The van der Waals surface area contributed by atoms with Gasteiger partial charge in [0, 0.05) is 26.6 Å². The predicted octanol–water partition coefficient (Wildman–Crippen LogP) is 0.0888. The zero-order valence-electron chi connectivity index (χ0n) is 9.43. The summed E-state index contributed by atoms with van der Waals surface area (Å²) in [5.74, 6) is 0. The van der Waals surface area contributed by atoms with E-state index in [0.717, 1.165) is 6.42 Å². The van der Waals surface area contributed by atoms with Crippen LogP contribution in [0.15, 0.2) is 0 Å². The molecule has 0 aromatic heterocycles. The van der Waals surface area contributed by atoms with Crippen molar-refractivity contribution in [1.82, 2.24) is 0 Å². The molecule has 3 heterocycles. The number of methoxy groups -OCH3 is 2. The van der Waals surface area contributed by atoms with E-state index in [1.54, 1.807) is 14.2 Å². The van der Waals surface area contributed by atoms with Crippen molar-refractivity contribution in [3.63, 3.8) is 0 Å². The summed E-state index contributed by atoms with van der Waals surface area (Å²) in [5, 5.41) is 0. The van der Waals surface area contributed by atoms with E-state index >= 15 is 0 Å². The molecule has 15 heavy (non-hydrogen) atoms. The molecule has 5 heteroatoms. The van der Waals surface area contributed by atoms with Crippen molar-refractivity contribution in [3.8, 4) is 0 Å². The van der Waals surface area contributed by atoms with Crippen LogP contribution in [0, 0.1) is 0 Å². The first-order valence-electron chi connectivity index (χ1n) is 5.24. The van der Waals surface area contributed by atoms with E-state index in [-0.39, 0.29) is 24.3 Å². The fourth-order valence-corrected chi connectivity index (χ4v) is 2.58. The Morgan fingerprint density at radius 3 is 2.80 bits per heavy atom. The smallest absolute Gasteiger partial charge is 0.143 e. The molecule has 3 saturated heterocycles. The van der Waals surface area contributed by atoms with E-state index < -0.39 is 5.60 Å². The molecule has 5 atom stereocenters. The maximum Gasteiger partial charge on any atom is 0.143 e. The van der Waals surface area contributed by atoms with Gasteiger partial charge in [0.15, 0.2) is 0 Å². The van der Waals surface area contributed by atoms with Gasteiger partial charge in [0.2, 0.25) is 0 Å². The molecule has 0 aliphatic carbocycles. The summed E-state index contributed by atoms with van der Waals surface area (Å²) < 4.78 is 22.3. The standard InChI is InChI=1S/C10H17BO4/c1-6-10(5-12-2)8(13-3)4-7(14-6)9(11)15-10/h6-9H,4-5H2,1-3H3/t6?,7?,8?,9-,10?/m1/s1. The van der Waals surface area contributed by atoms with Crippen LogP contribution in [-0.4, -0.2) is 58.6 Å². The van der Waals surface area contributed by atoms with Gasteiger partial charge in [0.05, 0.1) is 24.9 Å². The molecule has 0 amide bonds. The van der Waals surface area contributed by atoms with Crippen molar-refractivity contribution in [2.75, 3.05) is 20.8 Å². The lowest BCUT2D eigenvalue weighted by molar-refractivity contribution is -0.331. The Kier molecular flexibility index (Phi) is 3.08. The van der Waals surface area contributed by atoms with Crippen molar-refractivity contribution >= 4 is 7.85 Å². The second-order valence-corrected chi connectivity index (χ2v) is 4.25. The largest absolute Gasteiger partial charge is 0.381 e. The highest BCUT2D eigenvalue weighted by atomic mass is 16.6. The minimum Gasteiger partial charge on any atom is -0.381 e. The molecular weight excluding hydrogens is 195 g/mol. The summed E-state index contributed by atoms with van der Waals surface area (Å²) >= 11 is 0. The molecule has 3 aliphatic rings. The minimum absolute atomic E-state index is 0.00833. The normalized spacial score (nSPS) is 49.5. The number of hydrogen-bond acceptors (Lipinski definition) is 4. The monoisotopic (exact) mass is 212 g/mol. The average Bonchev–Trinajstić information content (AvgIpc) is 2.20. The van der Waals surface area contributed by atoms with Crippen molar-refractivity contribution in [3.05, 3.63) is 0 Å². The Morgan fingerprint density at radius 1 is 1.47 bits per heavy atom. The van der Waals surface area contributed by atoms with Gasteiger partial charge >= 0.3 is 0 Å². The highest BCUT2D eigenvalue weighted by Gasteiger charge is 2.57. The van der Waals surface area contributed by atoms with Crippen molar-refractivity contribution in [1.29, 1.82) is 0 Å². The molecule has 0 aromatic rings. The molecule has 3 rings (SSSR count). The summed E-state index contributed by atoms with van der Waals surface area (Å²) in [4.78, 5) is 0. The quantitative estimate of drug-likeness (QED) is 0.621. The van der Waals surface area contributed by atoms with Gasteiger partial charge in [0.25, 0.3) is 0 Å². The third kappa shape index (κ3) is 1.62. The third-order valence-corrected chi connectivity index (χ3v) is 3.43. The Bertz CT molecular complexity index is 237. The van der Waals surface area contributed by atoms with Gasteiger partial charge in [-0.25, -0.2) is 0 Å². The molecule has 84 valence electrons. The third-order valence-electron chi connectivity index (χ3n) is 3.43. The van der Waals surface area contributed by atoms with E-state index in [1.807, 2.05) is 6.92 Å². The van der Waals surface area contributed by atoms with Crippen LogP contribution in [0.5, 0.6) is 0 Å². The Balaban J connectivity index is 2.24. The van der Waals surface area contributed by atoms with Crippen LogP contribution in [0.3, 0.4) is 0 Å². The van der Waals surface area contributed by atoms with E-state index in [2.05, 4.69) is 0 Å². The van der Waals surface area contributed by atoms with Gasteiger partial charge in [-0.2, -0.15) is 0 Å². The zero-order chi connectivity index (χ0) is 11.1. The molecule has 0 N–H and O–H groups in total. The number of rotatable bonds is 3. The van der Waals surface area contributed by atoms with Gasteiger partial charge in [-0.3, -0.25) is 0 Å². The average molecular weight is 212 g/mol. The Labute approximate surface area is 91.6 Å². The molecule has 0 spiro atoms. The first kappa shape index (κ1) is 11.4. The van der Waals surface area contributed by atoms with Crippen molar-refractivity contribution in [2.45, 2.75) is 43.3 Å². The maximum absolute atomic E-state index is 5.86. The topological polar surface area (TPSA) is 36.9 Å². The molecule has 0 saturated carbocycles. The van der Waals surface area contributed by atoms with Crippen LogP contribution in [0.25, 0.3) is 0 Å². The first-order valence-corrected chi connectivity index (χ1v) is 5.24. The lowest BCUT2D eigenvalue weighted by atomic mass is 9.75. The van der Waals surface area contributed by atoms with Gasteiger partial charge in [-0.05, 0) is 6.92 Å². The molecular formula is C10H17BO4. The second-order valence-electron chi connectivity index (χ2n) is 4.25. The molecule has 2 bridgehead atoms. The molecule has 4 nitrogen and oxygen atoms in total. The second kappa shape index (κ2) is 4.05. The molecule has 3 aliphatic heterocycles. The van der Waals surface area contributed by atoms with Gasteiger partial charge < -0.3 is 18.9 Å². The van der Waals surface area contributed by atoms with Crippen LogP contribution in [0.1, 0.15) is 13.3 Å². The SMILES string of the molecule is [B][C@@H]1OC2(COC)C(C)OC1CC2OC. The Hall–Kier alpha value is -0.0951. The number of fused-ring (bicyclic) bond motifs is 3. The first-order chi connectivity index (χ1) is 7.14. The van der Waals surface area contributed by atoms with E-state index in [9.17, 15) is 0 Å². The van der Waals surface area contributed by atoms with Gasteiger partial charge in [-0.1, -0.05) is 0 Å². The highest BCUT2D eigenvalue weighted by Crippen LogP contribution is 2.42. The van der Waals surface area contributed by atoms with E-state index in [4.69, 9.17) is 26.8 Å². The van der Waals surface area contributed by atoms with Crippen LogP contribution in [-0.2, 0) is 18.9 Å². The molecule has 2 radical (unpaired) electrons. The lowest BCUT2D eigenvalue weighted by Crippen LogP contribution is -2.71. The van der Waals surface area contributed by atoms with Gasteiger partial charge in [-0.15, -0.1) is 0 Å². The lowest BCUT2D eigenvalue weighted by Gasteiger charge is -2.56. The van der Waals surface area contributed by atoms with Crippen LogP contribution in [0.4, 0.5) is 0 Å². The summed E-state index contributed by atoms with van der Waals surface area (Å²) in [6.07, 6.45) is 0.640. The highest BCUT2D eigenvalue weighted by molar-refractivity contribution is 6.11. The number of hydrogen-bond donors (Lipinski definition) is 0. The molecule has 0 aromatic carbocycles. The van der Waals surface area contributed by atoms with Gasteiger partial charge in [0.1, 0.15) is 13.4 Å². The van der Waals surface area contributed by atoms with E-state index in [0.29, 0.717) is 6.61 Å². The fourth-order valence-electron chi connectivity index (χ4n) is 2.58. The van der Waals surface area contributed by atoms with E-state index in [1.165, 1.54) is 0 Å². The number of ether oxygens (including phenoxy) is 4. The summed E-state index contributed by atoms with van der Waals surface area (Å²) in [7, 11) is 9.18. The fraction of sp³-hybridized carbons (Fsp3) is 1.00. The minimum atomic E-state index is -0.558. The van der Waals surface area contributed by atoms with Crippen LogP contribution in [0.2, 0.25) is 0 Å². The maximum atomic E-state index is 5.86. The van der Waals surface area contributed by atoms with Crippen LogP contribution < -0.4 is 0 Å². The molecule has 3 fully saturated rings. The van der Waals surface area contributed by atoms with Crippen molar-refractivity contribution < 1.29 is 18.9 Å². The Morgan fingerprint density at radius 2 is 2.20 bits per heavy atom. The molecule has 4 unspecified atom stereocenters. The predicted molar refractivity (Wildman–Crippen MR) is 55.0 cm³/mol. The summed E-state index contributed by atoms with van der Waals surface area (Å²) in [6.45, 7) is 2.41. The van der Waals surface area contributed by atoms with Crippen LogP contribution >= 0.6 is 0 Å². The van der Waals surface area contributed by atoms with Crippen molar-refractivity contribution in [2.24, 2.45) is 0 Å². The summed E-state index contributed by atoms with van der Waals surface area (Å²) in [5.41, 5.74) is -0.558. The zero-order valence-corrected chi connectivity index (χ0v) is 9.43.